The Morgan fingerprint density at radius 1 is 0.322 bits per heavy atom. The van der Waals surface area contributed by atoms with E-state index in [0.29, 0.717) is 0 Å². The minimum absolute atomic E-state index is 0.446. The molecule has 0 unspecified atom stereocenters. The number of hydrogen-bond donors (Lipinski definition) is 0. The minimum Gasteiger partial charge on any atom is -0.0622 e. The number of nitrogens with zero attached hydrogens (tertiary/aromatic N) is 2. The average Bonchev–Trinajstić information content (AvgIpc) is 3.67. The molecule has 8 aromatic rings. The van der Waals surface area contributed by atoms with Crippen LogP contribution in [0.15, 0.2) is 237 Å². The fourth-order valence-corrected chi connectivity index (χ4v) is 13.8. The molecule has 2 nitrogen and oxygen atoms in total. The van der Waals surface area contributed by atoms with Crippen molar-refractivity contribution in [1.82, 2.24) is 0 Å². The van der Waals surface area contributed by atoms with E-state index in [4.69, 9.17) is 19.3 Å². The number of hydrogen-bond acceptors (Lipinski definition) is 2. The average molecular weight is 1040 g/mol. The van der Waals surface area contributed by atoms with Gasteiger partial charge in [-0.25, -0.2) is 0 Å². The van der Waals surface area contributed by atoms with Crippen LogP contribution in [-0.2, 0) is 15.4 Å². The maximum Gasteiger partial charge on any atom is -0.0134 e. The molecule has 59 heavy (non-hydrogen) atoms. The Morgan fingerprint density at radius 2 is 0.525 bits per heavy atom. The molecule has 0 saturated carbocycles. The summed E-state index contributed by atoms with van der Waals surface area (Å²) in [6.45, 7) is 0. The number of anilines is 2. The third-order valence-electron chi connectivity index (χ3n) is 9.68. The molecular formula is C50H43BCl2N2OsP3. The van der Waals surface area contributed by atoms with Gasteiger partial charge in [0.05, 0.1) is 0 Å². The van der Waals surface area contributed by atoms with Crippen LogP contribution in [0.1, 0.15) is 0 Å². The first kappa shape index (κ1) is 43.0. The van der Waals surface area contributed by atoms with Crippen molar-refractivity contribution in [3.05, 3.63) is 237 Å². The van der Waals surface area contributed by atoms with Gasteiger partial charge < -0.3 is 9.62 Å². The van der Waals surface area contributed by atoms with E-state index < -0.39 is 39.2 Å². The van der Waals surface area contributed by atoms with Crippen LogP contribution in [0.4, 0.5) is 11.4 Å². The second kappa shape index (κ2) is 23.1. The van der Waals surface area contributed by atoms with Crippen LogP contribution < -0.4 is 46.8 Å². The molecule has 0 saturated heterocycles. The molecule has 293 valence electrons. The van der Waals surface area contributed by atoms with Crippen LogP contribution in [0.25, 0.3) is 0 Å². The van der Waals surface area contributed by atoms with Crippen LogP contribution in [0.2, 0.25) is 0 Å². The quantitative estimate of drug-likeness (QED) is 0.0941. The van der Waals surface area contributed by atoms with Crippen LogP contribution in [0, 0.1) is 0 Å². The van der Waals surface area contributed by atoms with Gasteiger partial charge in [-0.2, -0.15) is 0 Å². The fraction of sp³-hybridized carbons (Fsp3) is 0.0400. The van der Waals surface area contributed by atoms with Gasteiger partial charge in [-0.15, -0.1) is 0 Å². The van der Waals surface area contributed by atoms with Crippen LogP contribution in [0.5, 0.6) is 0 Å². The Balaban J connectivity index is 0.000000201. The topological polar surface area (TPSA) is 6.48 Å². The van der Waals surface area contributed by atoms with E-state index in [1.807, 2.05) is 0 Å². The third-order valence-corrected chi connectivity index (χ3v) is 17.0. The number of fused-ring (bicyclic) bond motifs is 1. The molecule has 1 heterocycles. The molecular weight excluding hydrogens is 993 g/mol. The summed E-state index contributed by atoms with van der Waals surface area (Å²) in [5.74, 6) is 0. The van der Waals surface area contributed by atoms with Gasteiger partial charge in [0.2, 0.25) is 0 Å². The molecule has 0 spiro atoms. The second-order valence-corrected chi connectivity index (χ2v) is 23.7. The largest absolute Gasteiger partial charge is 0.0622 e. The smallest absolute Gasteiger partial charge is 0.0134 e. The van der Waals surface area contributed by atoms with E-state index in [0.717, 1.165) is 12.6 Å². The van der Waals surface area contributed by atoms with Gasteiger partial charge in [0, 0.05) is 23.9 Å². The minimum atomic E-state index is -0.639. The van der Waals surface area contributed by atoms with Crippen molar-refractivity contribution in [2.75, 3.05) is 22.2 Å². The maximum absolute atomic E-state index is 4.90. The number of para-hydroxylation sites is 2. The van der Waals surface area contributed by atoms with Crippen molar-refractivity contribution in [2.24, 2.45) is 0 Å². The molecule has 1 radical (unpaired) electrons. The summed E-state index contributed by atoms with van der Waals surface area (Å²) in [5.41, 5.74) is 2.58. The first-order valence-electron chi connectivity index (χ1n) is 19.3. The van der Waals surface area contributed by atoms with Gasteiger partial charge in [-0.05, 0) is 73.0 Å². The summed E-state index contributed by atoms with van der Waals surface area (Å²) < 4.78 is 0. The van der Waals surface area contributed by atoms with E-state index in [9.17, 15) is 0 Å². The van der Waals surface area contributed by atoms with Gasteiger partial charge in [-0.1, -0.05) is 224 Å². The van der Waals surface area contributed by atoms with Gasteiger partial charge >= 0.3 is 42.2 Å². The molecule has 0 aliphatic carbocycles. The zero-order valence-corrected chi connectivity index (χ0v) is 39.1. The molecule has 0 bridgehead atoms. The van der Waals surface area contributed by atoms with Crippen molar-refractivity contribution in [1.29, 1.82) is 0 Å². The molecule has 1 aliphatic heterocycles. The maximum atomic E-state index is 4.90. The molecule has 1 aliphatic rings. The van der Waals surface area contributed by atoms with Crippen molar-refractivity contribution in [3.8, 4) is 0 Å². The Labute approximate surface area is 370 Å². The molecule has 9 rings (SSSR count). The monoisotopic (exact) mass is 1040 g/mol. The van der Waals surface area contributed by atoms with E-state index in [1.165, 1.54) is 48.5 Å². The Bertz CT molecular complexity index is 2110. The van der Waals surface area contributed by atoms with Crippen molar-refractivity contribution >= 4 is 99.1 Å². The SMILES string of the molecule is [B]1N(CP(c2ccccc2)c2ccccc2)c2ccccc2N1CP(c1ccccc1)c1ccccc1.[Cl][Os][Cl].c1ccc(P(c2ccccc2)c2ccccc2)cc1. The van der Waals surface area contributed by atoms with Crippen molar-refractivity contribution in [3.63, 3.8) is 0 Å². The van der Waals surface area contributed by atoms with Crippen molar-refractivity contribution < 1.29 is 15.4 Å². The second-order valence-electron chi connectivity index (χ2n) is 13.4. The molecule has 0 N–H and O–H groups in total. The van der Waals surface area contributed by atoms with E-state index in [2.05, 4.69) is 254 Å². The zero-order valence-electron chi connectivity index (χ0n) is 32.4. The third kappa shape index (κ3) is 11.8. The summed E-state index contributed by atoms with van der Waals surface area (Å²) in [7, 11) is 10.6. The molecule has 0 aromatic heterocycles. The Morgan fingerprint density at radius 3 is 0.763 bits per heavy atom. The summed E-state index contributed by atoms with van der Waals surface area (Å²) >= 11 is -0.639. The van der Waals surface area contributed by atoms with Gasteiger partial charge in [0.1, 0.15) is 0 Å². The summed E-state index contributed by atoms with van der Waals surface area (Å²) in [6, 6.07) is 85.1. The fourth-order valence-electron chi connectivity index (χ4n) is 7.01. The first-order valence-corrected chi connectivity index (χ1v) is 30.0. The van der Waals surface area contributed by atoms with Crippen molar-refractivity contribution in [2.45, 2.75) is 0 Å². The number of rotatable bonds is 11. The van der Waals surface area contributed by atoms with Gasteiger partial charge in [0.15, 0.2) is 0 Å². The summed E-state index contributed by atoms with van der Waals surface area (Å²) in [6.07, 6.45) is 1.90. The predicted octanol–water partition coefficient (Wildman–Crippen LogP) is 10.8. The number of benzene rings is 8. The molecule has 8 aromatic carbocycles. The zero-order chi connectivity index (χ0) is 40.5. The normalized spacial score (nSPS) is 11.7. The molecule has 0 atom stereocenters. The number of halogens is 2. The van der Waals surface area contributed by atoms with Crippen LogP contribution >= 0.6 is 43.0 Å². The summed E-state index contributed by atoms with van der Waals surface area (Å²) in [5, 5.41) is 9.82. The summed E-state index contributed by atoms with van der Waals surface area (Å²) in [4.78, 5) is 4.95. The van der Waals surface area contributed by atoms with E-state index in [1.54, 1.807) is 0 Å². The molecule has 0 fully saturated rings. The molecule has 0 amide bonds. The van der Waals surface area contributed by atoms with Crippen LogP contribution in [0.3, 0.4) is 0 Å². The van der Waals surface area contributed by atoms with E-state index in [-0.39, 0.29) is 0 Å². The van der Waals surface area contributed by atoms with Crippen LogP contribution in [-0.4, -0.2) is 20.1 Å². The molecule has 9 heteroatoms. The first-order chi connectivity index (χ1) is 29.2. The standard InChI is InChI=1S/C32H28BN2P2.C18H15P.2ClH.Os/c1-5-15-27(16-6-1)36(28-17-7-2-8-18-28)25-34-31-23-13-14-24-32(31)35(33-34)26-37(29-19-9-3-10-20-29)30-21-11-4-12-22-30;1-4-10-16(11-5-1)19(17-12-6-2-7-13-17)18-14-8-3-9-15-18;;;/h1-24H,25-26H2;1-15H;2*1H;/q;;;;+2/p-2. The Kier molecular flexibility index (Phi) is 16.8. The van der Waals surface area contributed by atoms with Gasteiger partial charge in [-0.3, -0.25) is 0 Å². The van der Waals surface area contributed by atoms with Gasteiger partial charge in [0.25, 0.3) is 0 Å². The van der Waals surface area contributed by atoms with E-state index >= 15 is 0 Å². The Hall–Kier alpha value is -4.07. The predicted molar refractivity (Wildman–Crippen MR) is 262 cm³/mol.